The van der Waals surface area contributed by atoms with E-state index in [4.69, 9.17) is 5.26 Å². The number of rotatable bonds is 3. The van der Waals surface area contributed by atoms with Crippen LogP contribution in [-0.2, 0) is 0 Å². The molecule has 1 aliphatic heterocycles. The zero-order valence-corrected chi connectivity index (χ0v) is 12.8. The van der Waals surface area contributed by atoms with Crippen molar-refractivity contribution in [1.29, 1.82) is 5.26 Å². The lowest BCUT2D eigenvalue weighted by Crippen LogP contribution is -2.47. The van der Waals surface area contributed by atoms with Crippen molar-refractivity contribution in [2.24, 2.45) is 0 Å². The third-order valence-electron chi connectivity index (χ3n) is 3.87. The third-order valence-corrected chi connectivity index (χ3v) is 4.82. The molecule has 0 aromatic carbocycles. The highest BCUT2D eigenvalue weighted by molar-refractivity contribution is 7.09. The second-order valence-corrected chi connectivity index (χ2v) is 6.01. The van der Waals surface area contributed by atoms with Crippen molar-refractivity contribution in [1.82, 2.24) is 14.9 Å². The van der Waals surface area contributed by atoms with E-state index in [1.54, 1.807) is 17.5 Å². The van der Waals surface area contributed by atoms with Gasteiger partial charge in [0.25, 0.3) is 0 Å². The van der Waals surface area contributed by atoms with Gasteiger partial charge in [-0.3, -0.25) is 4.90 Å². The summed E-state index contributed by atoms with van der Waals surface area (Å²) >= 11 is 1.72. The van der Waals surface area contributed by atoms with Gasteiger partial charge in [-0.1, -0.05) is 0 Å². The van der Waals surface area contributed by atoms with Gasteiger partial charge in [0.2, 0.25) is 0 Å². The Hall–Kier alpha value is -1.97. The molecule has 0 amide bonds. The van der Waals surface area contributed by atoms with Crippen LogP contribution in [0.1, 0.15) is 23.5 Å². The van der Waals surface area contributed by atoms with Crippen molar-refractivity contribution in [3.05, 3.63) is 40.5 Å². The first-order valence-electron chi connectivity index (χ1n) is 7.02. The minimum Gasteiger partial charge on any atom is -0.354 e. The first-order valence-corrected chi connectivity index (χ1v) is 7.90. The number of pyridine rings is 1. The SMILES string of the molecule is CC(c1nccs1)N1CCN(c2ccc(C#N)cn2)CC1. The number of aromatic nitrogens is 2. The van der Waals surface area contributed by atoms with Crippen LogP contribution in [0.15, 0.2) is 29.9 Å². The summed E-state index contributed by atoms with van der Waals surface area (Å²) < 4.78 is 0. The van der Waals surface area contributed by atoms with Crippen molar-refractivity contribution in [3.63, 3.8) is 0 Å². The van der Waals surface area contributed by atoms with Gasteiger partial charge in [0.05, 0.1) is 11.6 Å². The molecule has 0 radical (unpaired) electrons. The molecule has 1 saturated heterocycles. The zero-order valence-electron chi connectivity index (χ0n) is 11.9. The summed E-state index contributed by atoms with van der Waals surface area (Å²) in [6, 6.07) is 6.23. The fourth-order valence-electron chi connectivity index (χ4n) is 2.57. The molecule has 2 aromatic rings. The summed E-state index contributed by atoms with van der Waals surface area (Å²) in [6.45, 7) is 6.13. The number of nitrogens with zero attached hydrogens (tertiary/aromatic N) is 5. The van der Waals surface area contributed by atoms with E-state index < -0.39 is 0 Å². The smallest absolute Gasteiger partial charge is 0.128 e. The fraction of sp³-hybridized carbons (Fsp3) is 0.400. The Labute approximate surface area is 128 Å². The van der Waals surface area contributed by atoms with Gasteiger partial charge in [0, 0.05) is 44.0 Å². The van der Waals surface area contributed by atoms with Crippen LogP contribution in [0.3, 0.4) is 0 Å². The maximum Gasteiger partial charge on any atom is 0.128 e. The monoisotopic (exact) mass is 299 g/mol. The molecule has 5 nitrogen and oxygen atoms in total. The summed E-state index contributed by atoms with van der Waals surface area (Å²) in [4.78, 5) is 13.5. The summed E-state index contributed by atoms with van der Waals surface area (Å²) in [5.74, 6) is 0.954. The molecule has 0 aliphatic carbocycles. The van der Waals surface area contributed by atoms with Gasteiger partial charge >= 0.3 is 0 Å². The number of anilines is 1. The van der Waals surface area contributed by atoms with E-state index in [9.17, 15) is 0 Å². The molecule has 21 heavy (non-hydrogen) atoms. The van der Waals surface area contributed by atoms with Gasteiger partial charge in [0.15, 0.2) is 0 Å². The molecule has 0 N–H and O–H groups in total. The van der Waals surface area contributed by atoms with E-state index in [1.807, 2.05) is 23.7 Å². The normalized spacial score (nSPS) is 17.4. The molecule has 3 rings (SSSR count). The molecule has 0 bridgehead atoms. The topological polar surface area (TPSA) is 56.1 Å². The minimum absolute atomic E-state index is 0.376. The van der Waals surface area contributed by atoms with Crippen LogP contribution >= 0.6 is 11.3 Å². The predicted octanol–water partition coefficient (Wildman–Crippen LogP) is 2.29. The largest absolute Gasteiger partial charge is 0.354 e. The van der Waals surface area contributed by atoms with E-state index >= 15 is 0 Å². The van der Waals surface area contributed by atoms with Crippen molar-refractivity contribution < 1.29 is 0 Å². The predicted molar refractivity (Wildman–Crippen MR) is 83.3 cm³/mol. The van der Waals surface area contributed by atoms with Gasteiger partial charge < -0.3 is 4.90 Å². The quantitative estimate of drug-likeness (QED) is 0.870. The summed E-state index contributed by atoms with van der Waals surface area (Å²) in [5, 5.41) is 12.0. The van der Waals surface area contributed by atoms with Gasteiger partial charge in [-0.25, -0.2) is 9.97 Å². The van der Waals surface area contributed by atoms with E-state index in [2.05, 4.69) is 32.8 Å². The zero-order chi connectivity index (χ0) is 14.7. The molecule has 1 fully saturated rings. The number of piperazine rings is 1. The highest BCUT2D eigenvalue weighted by Gasteiger charge is 2.23. The van der Waals surface area contributed by atoms with E-state index in [1.165, 1.54) is 5.01 Å². The molecule has 1 atom stereocenters. The third kappa shape index (κ3) is 3.04. The highest BCUT2D eigenvalue weighted by atomic mass is 32.1. The molecule has 6 heteroatoms. The van der Waals surface area contributed by atoms with Crippen LogP contribution in [0.4, 0.5) is 5.82 Å². The van der Waals surface area contributed by atoms with E-state index in [0.717, 1.165) is 32.0 Å². The fourth-order valence-corrected chi connectivity index (χ4v) is 3.30. The summed E-state index contributed by atoms with van der Waals surface area (Å²) in [7, 11) is 0. The molecular formula is C15H17N5S. The van der Waals surface area contributed by atoms with Crippen LogP contribution in [0.25, 0.3) is 0 Å². The van der Waals surface area contributed by atoms with Gasteiger partial charge in [-0.05, 0) is 19.1 Å². The standard InChI is InChI=1S/C15H17N5S/c1-12(15-17-4-9-21-15)19-5-7-20(8-6-19)14-3-2-13(10-16)11-18-14/h2-4,9,11-12H,5-8H2,1H3. The van der Waals surface area contributed by atoms with Crippen molar-refractivity contribution >= 4 is 17.2 Å². The Bertz CT molecular complexity index is 609. The first-order chi connectivity index (χ1) is 10.3. The van der Waals surface area contributed by atoms with Crippen molar-refractivity contribution in [2.45, 2.75) is 13.0 Å². The Kier molecular flexibility index (Phi) is 4.13. The maximum absolute atomic E-state index is 8.81. The number of hydrogen-bond donors (Lipinski definition) is 0. The van der Waals surface area contributed by atoms with Crippen molar-refractivity contribution in [3.8, 4) is 6.07 Å². The molecule has 0 spiro atoms. The molecule has 1 unspecified atom stereocenters. The van der Waals surface area contributed by atoms with Crippen LogP contribution in [0.5, 0.6) is 0 Å². The number of nitriles is 1. The van der Waals surface area contributed by atoms with Crippen LogP contribution in [0.2, 0.25) is 0 Å². The van der Waals surface area contributed by atoms with Crippen LogP contribution in [-0.4, -0.2) is 41.0 Å². The molecule has 3 heterocycles. The van der Waals surface area contributed by atoms with E-state index in [0.29, 0.717) is 11.6 Å². The molecule has 0 saturated carbocycles. The van der Waals surface area contributed by atoms with Gasteiger partial charge in [-0.15, -0.1) is 11.3 Å². The number of hydrogen-bond acceptors (Lipinski definition) is 6. The lowest BCUT2D eigenvalue weighted by atomic mass is 10.2. The molecule has 108 valence electrons. The van der Waals surface area contributed by atoms with Gasteiger partial charge in [0.1, 0.15) is 16.9 Å². The maximum atomic E-state index is 8.81. The Morgan fingerprint density at radius 1 is 1.24 bits per heavy atom. The molecular weight excluding hydrogens is 282 g/mol. The Morgan fingerprint density at radius 2 is 2.05 bits per heavy atom. The average Bonchev–Trinajstić information content (AvgIpc) is 3.09. The lowest BCUT2D eigenvalue weighted by molar-refractivity contribution is 0.198. The second kappa shape index (κ2) is 6.20. The molecule has 2 aromatic heterocycles. The molecule has 1 aliphatic rings. The Balaban J connectivity index is 1.61. The first kappa shape index (κ1) is 14.0. The number of thiazole rings is 1. The second-order valence-electron chi connectivity index (χ2n) is 5.09. The minimum atomic E-state index is 0.376. The Morgan fingerprint density at radius 3 is 2.62 bits per heavy atom. The van der Waals surface area contributed by atoms with Crippen LogP contribution < -0.4 is 4.90 Å². The highest BCUT2D eigenvalue weighted by Crippen LogP contribution is 2.24. The van der Waals surface area contributed by atoms with Crippen LogP contribution in [0, 0.1) is 11.3 Å². The average molecular weight is 299 g/mol. The van der Waals surface area contributed by atoms with Gasteiger partial charge in [-0.2, -0.15) is 5.26 Å². The summed E-state index contributed by atoms with van der Waals surface area (Å²) in [5.41, 5.74) is 0.606. The summed E-state index contributed by atoms with van der Waals surface area (Å²) in [6.07, 6.45) is 3.51. The van der Waals surface area contributed by atoms with E-state index in [-0.39, 0.29) is 0 Å². The van der Waals surface area contributed by atoms with Crippen molar-refractivity contribution in [2.75, 3.05) is 31.1 Å². The lowest BCUT2D eigenvalue weighted by Gasteiger charge is -2.37.